The summed E-state index contributed by atoms with van der Waals surface area (Å²) in [7, 11) is 0. The zero-order chi connectivity index (χ0) is 11.9. The summed E-state index contributed by atoms with van der Waals surface area (Å²) in [6, 6.07) is 4.12. The molecule has 0 unspecified atom stereocenters. The van der Waals surface area contributed by atoms with Gasteiger partial charge in [-0.1, -0.05) is 11.6 Å². The van der Waals surface area contributed by atoms with Crippen LogP contribution >= 0.6 is 27.5 Å². The molecular formula is C11H9BrClN3. The zero-order valence-corrected chi connectivity index (χ0v) is 11.2. The lowest BCUT2D eigenvalue weighted by Gasteiger charge is -2.08. The number of rotatable bonds is 1. The lowest BCUT2D eigenvalue weighted by Crippen LogP contribution is -1.98. The highest BCUT2D eigenvalue weighted by Crippen LogP contribution is 2.30. The number of nitrogens with zero attached hydrogens (tertiary/aromatic N) is 3. The first-order valence-electron chi connectivity index (χ1n) is 4.81. The third kappa shape index (κ3) is 1.70. The van der Waals surface area contributed by atoms with Crippen molar-refractivity contribution in [1.29, 1.82) is 5.26 Å². The molecule has 0 aliphatic carbocycles. The Morgan fingerprint density at radius 1 is 1.56 bits per heavy atom. The number of halogens is 2. The smallest absolute Gasteiger partial charge is 0.147 e. The van der Waals surface area contributed by atoms with Gasteiger partial charge in [-0.2, -0.15) is 5.26 Å². The van der Waals surface area contributed by atoms with E-state index >= 15 is 0 Å². The SMILES string of the molecule is CC(C)n1cc(Br)c2nc(Cl)c(C#N)cc21. The second-order valence-corrected chi connectivity index (χ2v) is 5.00. The minimum Gasteiger partial charge on any atom is -0.342 e. The molecule has 82 valence electrons. The molecule has 0 radical (unpaired) electrons. The number of pyridine rings is 1. The Balaban J connectivity index is 2.84. The van der Waals surface area contributed by atoms with Crippen LogP contribution < -0.4 is 0 Å². The van der Waals surface area contributed by atoms with Crippen molar-refractivity contribution in [1.82, 2.24) is 9.55 Å². The molecular weight excluding hydrogens is 289 g/mol. The van der Waals surface area contributed by atoms with Gasteiger partial charge in [0, 0.05) is 12.2 Å². The van der Waals surface area contributed by atoms with Crippen LogP contribution in [-0.4, -0.2) is 9.55 Å². The molecule has 0 aromatic carbocycles. The summed E-state index contributed by atoms with van der Waals surface area (Å²) in [6.45, 7) is 4.15. The summed E-state index contributed by atoms with van der Waals surface area (Å²) < 4.78 is 2.95. The largest absolute Gasteiger partial charge is 0.342 e. The topological polar surface area (TPSA) is 41.6 Å². The summed E-state index contributed by atoms with van der Waals surface area (Å²) in [6.07, 6.45) is 1.96. The van der Waals surface area contributed by atoms with Gasteiger partial charge in [-0.15, -0.1) is 0 Å². The number of nitriles is 1. The van der Waals surface area contributed by atoms with Crippen molar-refractivity contribution in [3.8, 4) is 6.07 Å². The average Bonchev–Trinajstić information content (AvgIpc) is 2.55. The van der Waals surface area contributed by atoms with Crippen molar-refractivity contribution in [3.05, 3.63) is 27.5 Å². The zero-order valence-electron chi connectivity index (χ0n) is 8.83. The summed E-state index contributed by atoms with van der Waals surface area (Å²) >= 11 is 9.34. The van der Waals surface area contributed by atoms with Crippen molar-refractivity contribution in [2.75, 3.05) is 0 Å². The van der Waals surface area contributed by atoms with Gasteiger partial charge in [-0.05, 0) is 35.8 Å². The highest BCUT2D eigenvalue weighted by atomic mass is 79.9. The van der Waals surface area contributed by atoms with Gasteiger partial charge in [-0.3, -0.25) is 0 Å². The van der Waals surface area contributed by atoms with Gasteiger partial charge in [0.15, 0.2) is 0 Å². The number of fused-ring (bicyclic) bond motifs is 1. The Morgan fingerprint density at radius 3 is 2.81 bits per heavy atom. The summed E-state index contributed by atoms with van der Waals surface area (Å²) in [5.41, 5.74) is 2.11. The molecule has 2 aromatic rings. The van der Waals surface area contributed by atoms with Gasteiger partial charge >= 0.3 is 0 Å². The van der Waals surface area contributed by atoms with Gasteiger partial charge in [0.05, 0.1) is 15.6 Å². The van der Waals surface area contributed by atoms with Crippen LogP contribution in [0.3, 0.4) is 0 Å². The van der Waals surface area contributed by atoms with Gasteiger partial charge in [0.25, 0.3) is 0 Å². The van der Waals surface area contributed by atoms with E-state index in [4.69, 9.17) is 16.9 Å². The monoisotopic (exact) mass is 297 g/mol. The Hall–Kier alpha value is -1.05. The molecule has 16 heavy (non-hydrogen) atoms. The van der Waals surface area contributed by atoms with Gasteiger partial charge in [0.2, 0.25) is 0 Å². The van der Waals surface area contributed by atoms with E-state index in [2.05, 4.69) is 39.3 Å². The molecule has 0 saturated heterocycles. The third-order valence-corrected chi connectivity index (χ3v) is 3.26. The molecule has 0 aliphatic heterocycles. The fourth-order valence-electron chi connectivity index (χ4n) is 1.61. The predicted molar refractivity (Wildman–Crippen MR) is 67.5 cm³/mol. The number of hydrogen-bond donors (Lipinski definition) is 0. The highest BCUT2D eigenvalue weighted by molar-refractivity contribution is 9.10. The van der Waals surface area contributed by atoms with E-state index in [1.165, 1.54) is 0 Å². The molecule has 0 aliphatic rings. The maximum Gasteiger partial charge on any atom is 0.147 e. The first-order valence-corrected chi connectivity index (χ1v) is 5.98. The summed E-state index contributed by atoms with van der Waals surface area (Å²) in [5.74, 6) is 0. The van der Waals surface area contributed by atoms with Crippen LogP contribution in [0, 0.1) is 11.3 Å². The molecule has 0 atom stereocenters. The van der Waals surface area contributed by atoms with E-state index in [-0.39, 0.29) is 5.15 Å². The van der Waals surface area contributed by atoms with Crippen molar-refractivity contribution >= 4 is 38.6 Å². The third-order valence-electron chi connectivity index (χ3n) is 2.39. The van der Waals surface area contributed by atoms with Crippen molar-refractivity contribution in [3.63, 3.8) is 0 Å². The Kier molecular flexibility index (Phi) is 2.92. The molecule has 0 fully saturated rings. The normalized spacial score (nSPS) is 11.0. The molecule has 0 amide bonds. The molecule has 0 bridgehead atoms. The van der Waals surface area contributed by atoms with Crippen molar-refractivity contribution < 1.29 is 0 Å². The number of hydrogen-bond acceptors (Lipinski definition) is 2. The van der Waals surface area contributed by atoms with Crippen LogP contribution in [0.5, 0.6) is 0 Å². The van der Waals surface area contributed by atoms with Crippen LogP contribution in [0.4, 0.5) is 0 Å². The fourth-order valence-corrected chi connectivity index (χ4v) is 2.30. The average molecular weight is 299 g/mol. The maximum atomic E-state index is 8.92. The standard InChI is InChI=1S/C11H9BrClN3/c1-6(2)16-5-8(12)10-9(16)3-7(4-14)11(13)15-10/h3,5-6H,1-2H3. The second kappa shape index (κ2) is 4.08. The van der Waals surface area contributed by atoms with Crippen LogP contribution in [0.15, 0.2) is 16.7 Å². The molecule has 2 heterocycles. The molecule has 0 N–H and O–H groups in total. The predicted octanol–water partition coefficient (Wildman–Crippen LogP) is 3.90. The van der Waals surface area contributed by atoms with E-state index in [1.54, 1.807) is 6.07 Å². The van der Waals surface area contributed by atoms with Crippen molar-refractivity contribution in [2.24, 2.45) is 0 Å². The summed E-state index contributed by atoms with van der Waals surface area (Å²) in [5, 5.41) is 9.17. The highest BCUT2D eigenvalue weighted by Gasteiger charge is 2.13. The van der Waals surface area contributed by atoms with Crippen LogP contribution in [0.1, 0.15) is 25.5 Å². The van der Waals surface area contributed by atoms with E-state index in [9.17, 15) is 0 Å². The molecule has 0 spiro atoms. The fraction of sp³-hybridized carbons (Fsp3) is 0.273. The quantitative estimate of drug-likeness (QED) is 0.749. The van der Waals surface area contributed by atoms with Gasteiger partial charge in [0.1, 0.15) is 16.7 Å². The van der Waals surface area contributed by atoms with E-state index in [1.807, 2.05) is 12.3 Å². The molecule has 3 nitrogen and oxygen atoms in total. The minimum atomic E-state index is 0.247. The van der Waals surface area contributed by atoms with Gasteiger partial charge < -0.3 is 4.57 Å². The second-order valence-electron chi connectivity index (χ2n) is 3.78. The first-order chi connectivity index (χ1) is 7.54. The van der Waals surface area contributed by atoms with Crippen LogP contribution in [0.2, 0.25) is 5.15 Å². The number of aromatic nitrogens is 2. The van der Waals surface area contributed by atoms with Crippen LogP contribution in [-0.2, 0) is 0 Å². The Labute approximate surface area is 107 Å². The summed E-state index contributed by atoms with van der Waals surface area (Å²) in [4.78, 5) is 4.22. The van der Waals surface area contributed by atoms with E-state index in [0.717, 1.165) is 15.5 Å². The lowest BCUT2D eigenvalue weighted by molar-refractivity contribution is 0.622. The van der Waals surface area contributed by atoms with Gasteiger partial charge in [-0.25, -0.2) is 4.98 Å². The molecule has 2 rings (SSSR count). The molecule has 0 saturated carbocycles. The lowest BCUT2D eigenvalue weighted by atomic mass is 10.2. The first kappa shape index (κ1) is 11.4. The molecule has 2 aromatic heterocycles. The Morgan fingerprint density at radius 2 is 2.25 bits per heavy atom. The van der Waals surface area contributed by atoms with E-state index < -0.39 is 0 Å². The van der Waals surface area contributed by atoms with Crippen molar-refractivity contribution in [2.45, 2.75) is 19.9 Å². The molecule has 5 heteroatoms. The van der Waals surface area contributed by atoms with E-state index in [0.29, 0.717) is 11.6 Å². The maximum absolute atomic E-state index is 8.92. The Bertz CT molecular complexity index is 595. The minimum absolute atomic E-state index is 0.247. The van der Waals surface area contributed by atoms with Crippen LogP contribution in [0.25, 0.3) is 11.0 Å².